The second kappa shape index (κ2) is 4.84. The number of halogens is 2. The van der Waals surface area contributed by atoms with Crippen molar-refractivity contribution in [3.63, 3.8) is 0 Å². The van der Waals surface area contributed by atoms with Crippen LogP contribution in [0.4, 0.5) is 8.78 Å². The molecule has 1 rings (SSSR count). The maximum Gasteiger partial charge on any atom is 0.188 e. The standard InChI is InChI=1S/C10H10F2O3/c1-6(13)9-8(15-5-14-2)4-3-7(11)10(9)12/h3-4H,5H2,1-2H3. The molecule has 0 atom stereocenters. The van der Waals surface area contributed by atoms with Gasteiger partial charge >= 0.3 is 0 Å². The van der Waals surface area contributed by atoms with Gasteiger partial charge in [0.15, 0.2) is 24.2 Å². The lowest BCUT2D eigenvalue weighted by Crippen LogP contribution is -2.07. The summed E-state index contributed by atoms with van der Waals surface area (Å²) in [6.45, 7) is 1.00. The number of hydrogen-bond donors (Lipinski definition) is 0. The van der Waals surface area contributed by atoms with Crippen LogP contribution in [0.2, 0.25) is 0 Å². The summed E-state index contributed by atoms with van der Waals surface area (Å²) in [6.07, 6.45) is 0. The summed E-state index contributed by atoms with van der Waals surface area (Å²) in [6, 6.07) is 2.08. The Hall–Kier alpha value is -1.49. The fraction of sp³-hybridized carbons (Fsp3) is 0.300. The van der Waals surface area contributed by atoms with Crippen molar-refractivity contribution in [3.8, 4) is 5.75 Å². The summed E-state index contributed by atoms with van der Waals surface area (Å²) in [5.74, 6) is -2.90. The predicted octanol–water partition coefficient (Wildman–Crippen LogP) is 2.15. The van der Waals surface area contributed by atoms with Crippen LogP contribution in [0.15, 0.2) is 12.1 Å². The summed E-state index contributed by atoms with van der Waals surface area (Å²) in [4.78, 5) is 11.1. The molecule has 5 heteroatoms. The number of hydrogen-bond acceptors (Lipinski definition) is 3. The van der Waals surface area contributed by atoms with Gasteiger partial charge in [-0.1, -0.05) is 0 Å². The van der Waals surface area contributed by atoms with Crippen molar-refractivity contribution in [1.29, 1.82) is 0 Å². The van der Waals surface area contributed by atoms with Crippen molar-refractivity contribution in [1.82, 2.24) is 0 Å². The smallest absolute Gasteiger partial charge is 0.188 e. The quantitative estimate of drug-likeness (QED) is 0.571. The SMILES string of the molecule is COCOc1ccc(F)c(F)c1C(C)=O. The van der Waals surface area contributed by atoms with Gasteiger partial charge in [-0.2, -0.15) is 0 Å². The number of benzene rings is 1. The zero-order valence-electron chi connectivity index (χ0n) is 8.34. The summed E-state index contributed by atoms with van der Waals surface area (Å²) in [5, 5.41) is 0. The fourth-order valence-electron chi connectivity index (χ4n) is 1.10. The molecule has 0 saturated carbocycles. The zero-order chi connectivity index (χ0) is 11.4. The molecule has 0 spiro atoms. The number of methoxy groups -OCH3 is 1. The van der Waals surface area contributed by atoms with E-state index in [9.17, 15) is 13.6 Å². The van der Waals surface area contributed by atoms with Crippen LogP contribution in [0.3, 0.4) is 0 Å². The Balaban J connectivity index is 3.15. The van der Waals surface area contributed by atoms with Crippen molar-refractivity contribution in [2.75, 3.05) is 13.9 Å². The largest absolute Gasteiger partial charge is 0.467 e. The van der Waals surface area contributed by atoms with Gasteiger partial charge in [0.1, 0.15) is 5.75 Å². The molecule has 0 aliphatic carbocycles. The molecule has 0 bridgehead atoms. The summed E-state index contributed by atoms with van der Waals surface area (Å²) >= 11 is 0. The minimum Gasteiger partial charge on any atom is -0.467 e. The van der Waals surface area contributed by atoms with Crippen LogP contribution in [-0.2, 0) is 4.74 Å². The predicted molar refractivity (Wildman–Crippen MR) is 48.9 cm³/mol. The lowest BCUT2D eigenvalue weighted by Gasteiger charge is -2.09. The summed E-state index contributed by atoms with van der Waals surface area (Å²) in [5.41, 5.74) is -0.396. The Morgan fingerprint density at radius 2 is 2.07 bits per heavy atom. The van der Waals surface area contributed by atoms with E-state index in [4.69, 9.17) is 4.74 Å². The molecule has 0 aromatic heterocycles. The van der Waals surface area contributed by atoms with Crippen LogP contribution in [0, 0.1) is 11.6 Å². The van der Waals surface area contributed by atoms with E-state index in [0.29, 0.717) is 0 Å². The van der Waals surface area contributed by atoms with E-state index in [-0.39, 0.29) is 12.5 Å². The van der Waals surface area contributed by atoms with E-state index in [2.05, 4.69) is 4.74 Å². The molecule has 0 N–H and O–H groups in total. The molecule has 82 valence electrons. The topological polar surface area (TPSA) is 35.5 Å². The van der Waals surface area contributed by atoms with Crippen molar-refractivity contribution in [2.24, 2.45) is 0 Å². The number of carbonyl (C=O) groups is 1. The first kappa shape index (κ1) is 11.6. The molecule has 0 radical (unpaired) electrons. The number of ether oxygens (including phenoxy) is 2. The van der Waals surface area contributed by atoms with Crippen LogP contribution in [-0.4, -0.2) is 19.7 Å². The first-order valence-corrected chi connectivity index (χ1v) is 4.18. The first-order valence-electron chi connectivity index (χ1n) is 4.18. The average Bonchev–Trinajstić information content (AvgIpc) is 2.19. The van der Waals surface area contributed by atoms with Gasteiger partial charge in [-0.15, -0.1) is 0 Å². The van der Waals surface area contributed by atoms with E-state index in [1.165, 1.54) is 13.2 Å². The third-order valence-electron chi connectivity index (χ3n) is 1.74. The van der Waals surface area contributed by atoms with Gasteiger partial charge in [0.05, 0.1) is 5.56 Å². The molecule has 0 aliphatic heterocycles. The van der Waals surface area contributed by atoms with Crippen LogP contribution < -0.4 is 4.74 Å². The lowest BCUT2D eigenvalue weighted by molar-refractivity contribution is 0.0499. The van der Waals surface area contributed by atoms with Gasteiger partial charge in [-0.25, -0.2) is 8.78 Å². The fourth-order valence-corrected chi connectivity index (χ4v) is 1.10. The highest BCUT2D eigenvalue weighted by atomic mass is 19.2. The molecule has 0 unspecified atom stereocenters. The van der Waals surface area contributed by atoms with Gasteiger partial charge in [0, 0.05) is 7.11 Å². The van der Waals surface area contributed by atoms with Crippen LogP contribution in [0.25, 0.3) is 0 Å². The van der Waals surface area contributed by atoms with Gasteiger partial charge in [0.2, 0.25) is 0 Å². The number of carbonyl (C=O) groups excluding carboxylic acids is 1. The Morgan fingerprint density at radius 3 is 2.60 bits per heavy atom. The number of rotatable bonds is 4. The Morgan fingerprint density at radius 1 is 1.40 bits per heavy atom. The van der Waals surface area contributed by atoms with E-state index in [1.807, 2.05) is 0 Å². The zero-order valence-corrected chi connectivity index (χ0v) is 8.34. The Kier molecular flexibility index (Phi) is 3.74. The Bertz CT molecular complexity index is 377. The van der Waals surface area contributed by atoms with E-state index in [1.54, 1.807) is 0 Å². The van der Waals surface area contributed by atoms with Crippen molar-refractivity contribution < 1.29 is 23.0 Å². The van der Waals surface area contributed by atoms with E-state index in [0.717, 1.165) is 13.0 Å². The van der Waals surface area contributed by atoms with Crippen molar-refractivity contribution in [2.45, 2.75) is 6.92 Å². The van der Waals surface area contributed by atoms with Gasteiger partial charge in [-0.05, 0) is 19.1 Å². The minimum atomic E-state index is -1.20. The van der Waals surface area contributed by atoms with Crippen molar-refractivity contribution in [3.05, 3.63) is 29.3 Å². The van der Waals surface area contributed by atoms with Gasteiger partial charge in [-0.3, -0.25) is 4.79 Å². The average molecular weight is 216 g/mol. The second-order valence-electron chi connectivity index (χ2n) is 2.84. The molecule has 3 nitrogen and oxygen atoms in total. The van der Waals surface area contributed by atoms with Gasteiger partial charge < -0.3 is 9.47 Å². The molecule has 1 aromatic rings. The van der Waals surface area contributed by atoms with Crippen LogP contribution in [0.1, 0.15) is 17.3 Å². The van der Waals surface area contributed by atoms with E-state index < -0.39 is 23.0 Å². The molecule has 0 heterocycles. The lowest BCUT2D eigenvalue weighted by atomic mass is 10.1. The Labute approximate surface area is 85.6 Å². The van der Waals surface area contributed by atoms with Crippen molar-refractivity contribution >= 4 is 5.78 Å². The molecular weight excluding hydrogens is 206 g/mol. The van der Waals surface area contributed by atoms with E-state index >= 15 is 0 Å². The highest BCUT2D eigenvalue weighted by Crippen LogP contribution is 2.24. The maximum absolute atomic E-state index is 13.2. The third-order valence-corrected chi connectivity index (χ3v) is 1.74. The molecule has 15 heavy (non-hydrogen) atoms. The normalized spacial score (nSPS) is 10.1. The van der Waals surface area contributed by atoms with Crippen LogP contribution >= 0.6 is 0 Å². The molecule has 0 fully saturated rings. The molecule has 0 aliphatic rings. The van der Waals surface area contributed by atoms with Crippen LogP contribution in [0.5, 0.6) is 5.75 Å². The van der Waals surface area contributed by atoms with Gasteiger partial charge in [0.25, 0.3) is 0 Å². The summed E-state index contributed by atoms with van der Waals surface area (Å²) in [7, 11) is 1.38. The minimum absolute atomic E-state index is 0.0248. The summed E-state index contributed by atoms with van der Waals surface area (Å²) < 4.78 is 35.6. The number of ketones is 1. The first-order chi connectivity index (χ1) is 7.07. The second-order valence-corrected chi connectivity index (χ2v) is 2.84. The number of Topliss-reactive ketones (excluding diaryl/α,β-unsaturated/α-hetero) is 1. The highest BCUT2D eigenvalue weighted by molar-refractivity contribution is 5.97. The highest BCUT2D eigenvalue weighted by Gasteiger charge is 2.18. The molecule has 0 saturated heterocycles. The maximum atomic E-state index is 13.2. The monoisotopic (exact) mass is 216 g/mol. The molecular formula is C10H10F2O3. The molecule has 0 amide bonds. The molecule has 1 aromatic carbocycles. The third kappa shape index (κ3) is 2.50.